The zero-order chi connectivity index (χ0) is 25.9. The van der Waals surface area contributed by atoms with Gasteiger partial charge in [-0.1, -0.05) is 12.1 Å². The van der Waals surface area contributed by atoms with Crippen LogP contribution >= 0.6 is 11.8 Å². The molecule has 0 spiro atoms. The number of amides is 2. The first kappa shape index (κ1) is 25.4. The summed E-state index contributed by atoms with van der Waals surface area (Å²) in [5.74, 6) is 0.739. The van der Waals surface area contributed by atoms with Crippen LogP contribution in [0.3, 0.4) is 0 Å². The van der Waals surface area contributed by atoms with Gasteiger partial charge in [0, 0.05) is 11.8 Å². The van der Waals surface area contributed by atoms with E-state index in [9.17, 15) is 19.8 Å². The minimum atomic E-state index is -0.805. The molecule has 5 rings (SSSR count). The SMILES string of the molecule is COc1cnc2cccc([C@H](O)C[C@@H]3CC[C@@H](NC(=O)c4ccc5c(n4)NC(=O)CS5)[C@@H](CO)O3)c2c1. The van der Waals surface area contributed by atoms with E-state index in [0.29, 0.717) is 36.6 Å². The number of thioether (sulfide) groups is 1. The van der Waals surface area contributed by atoms with Gasteiger partial charge in [-0.3, -0.25) is 14.6 Å². The normalized spacial score (nSPS) is 22.1. The third kappa shape index (κ3) is 5.54. The number of ether oxygens (including phenoxy) is 2. The van der Waals surface area contributed by atoms with Crippen LogP contribution in [-0.4, -0.2) is 69.7 Å². The molecule has 10 nitrogen and oxygen atoms in total. The average Bonchev–Trinajstić information content (AvgIpc) is 2.92. The van der Waals surface area contributed by atoms with Crippen LogP contribution in [-0.2, 0) is 9.53 Å². The van der Waals surface area contributed by atoms with Gasteiger partial charge in [0.2, 0.25) is 5.91 Å². The first-order valence-corrected chi connectivity index (χ1v) is 13.1. The summed E-state index contributed by atoms with van der Waals surface area (Å²) in [5, 5.41) is 27.4. The highest BCUT2D eigenvalue weighted by molar-refractivity contribution is 8.00. The summed E-state index contributed by atoms with van der Waals surface area (Å²) < 4.78 is 11.4. The predicted molar refractivity (Wildman–Crippen MR) is 138 cm³/mol. The lowest BCUT2D eigenvalue weighted by molar-refractivity contribution is -0.113. The number of anilines is 1. The van der Waals surface area contributed by atoms with Crippen molar-refractivity contribution in [3.8, 4) is 5.75 Å². The molecule has 37 heavy (non-hydrogen) atoms. The van der Waals surface area contributed by atoms with E-state index in [4.69, 9.17) is 9.47 Å². The van der Waals surface area contributed by atoms with Gasteiger partial charge in [0.05, 0.1) is 54.3 Å². The van der Waals surface area contributed by atoms with E-state index in [-0.39, 0.29) is 24.3 Å². The lowest BCUT2D eigenvalue weighted by atomic mass is 9.92. The van der Waals surface area contributed by atoms with Crippen LogP contribution in [0.4, 0.5) is 5.82 Å². The Kier molecular flexibility index (Phi) is 7.56. The summed E-state index contributed by atoms with van der Waals surface area (Å²) >= 11 is 1.37. The van der Waals surface area contributed by atoms with Crippen molar-refractivity contribution >= 4 is 40.3 Å². The number of carbonyl (C=O) groups is 2. The molecule has 0 bridgehead atoms. The third-order valence-electron chi connectivity index (χ3n) is 6.63. The minimum absolute atomic E-state index is 0.157. The molecule has 4 atom stereocenters. The third-order valence-corrected chi connectivity index (χ3v) is 7.68. The number of pyridine rings is 2. The van der Waals surface area contributed by atoms with E-state index in [1.54, 1.807) is 25.4 Å². The largest absolute Gasteiger partial charge is 0.495 e. The van der Waals surface area contributed by atoms with Crippen molar-refractivity contribution in [2.45, 2.75) is 48.5 Å². The zero-order valence-electron chi connectivity index (χ0n) is 20.2. The fourth-order valence-corrected chi connectivity index (χ4v) is 5.49. The molecular formula is C26H28N4O6S. The molecule has 2 aliphatic heterocycles. The molecule has 3 aromatic rings. The highest BCUT2D eigenvalue weighted by Crippen LogP contribution is 2.33. The lowest BCUT2D eigenvalue weighted by Gasteiger charge is -2.37. The number of methoxy groups -OCH3 is 1. The van der Waals surface area contributed by atoms with Crippen LogP contribution < -0.4 is 15.4 Å². The molecule has 2 aliphatic rings. The van der Waals surface area contributed by atoms with E-state index < -0.39 is 24.2 Å². The van der Waals surface area contributed by atoms with Gasteiger partial charge in [-0.25, -0.2) is 4.98 Å². The fourth-order valence-electron chi connectivity index (χ4n) is 4.73. The van der Waals surface area contributed by atoms with E-state index in [0.717, 1.165) is 21.4 Å². The Morgan fingerprint density at radius 1 is 1.32 bits per heavy atom. The Morgan fingerprint density at radius 3 is 3.00 bits per heavy atom. The summed E-state index contributed by atoms with van der Waals surface area (Å²) in [7, 11) is 1.57. The molecule has 0 unspecified atom stereocenters. The maximum Gasteiger partial charge on any atom is 0.270 e. The van der Waals surface area contributed by atoms with Gasteiger partial charge in [0.15, 0.2) is 0 Å². The van der Waals surface area contributed by atoms with E-state index in [1.807, 2.05) is 24.3 Å². The topological polar surface area (TPSA) is 143 Å². The van der Waals surface area contributed by atoms with Crippen LogP contribution in [0, 0.1) is 0 Å². The van der Waals surface area contributed by atoms with E-state index in [2.05, 4.69) is 20.6 Å². The predicted octanol–water partition coefficient (Wildman–Crippen LogP) is 2.44. The fraction of sp³-hybridized carbons (Fsp3) is 0.385. The Bertz CT molecular complexity index is 1320. The number of rotatable bonds is 7. The zero-order valence-corrected chi connectivity index (χ0v) is 21.0. The highest BCUT2D eigenvalue weighted by Gasteiger charge is 2.34. The summed E-state index contributed by atoms with van der Waals surface area (Å²) in [4.78, 5) is 34.0. The van der Waals surface area contributed by atoms with Crippen molar-refractivity contribution in [1.29, 1.82) is 0 Å². The quantitative estimate of drug-likeness (QED) is 0.366. The van der Waals surface area contributed by atoms with Crippen LogP contribution in [0.1, 0.15) is 41.4 Å². The Morgan fingerprint density at radius 2 is 2.19 bits per heavy atom. The number of aliphatic hydroxyl groups excluding tert-OH is 2. The number of aliphatic hydroxyl groups is 2. The molecule has 194 valence electrons. The van der Waals surface area contributed by atoms with Crippen molar-refractivity contribution in [2.75, 3.05) is 24.8 Å². The number of nitrogens with one attached hydrogen (secondary N) is 2. The van der Waals surface area contributed by atoms with Crippen LogP contribution in [0.2, 0.25) is 0 Å². The van der Waals surface area contributed by atoms with Gasteiger partial charge in [-0.2, -0.15) is 0 Å². The average molecular weight is 525 g/mol. The number of hydrogen-bond acceptors (Lipinski definition) is 9. The first-order chi connectivity index (χ1) is 17.9. The van der Waals surface area contributed by atoms with E-state index >= 15 is 0 Å². The van der Waals surface area contributed by atoms with Gasteiger partial charge >= 0.3 is 0 Å². The van der Waals surface area contributed by atoms with Gasteiger partial charge in [-0.05, 0) is 42.7 Å². The Hall–Kier alpha value is -3.25. The standard InChI is InChI=1S/C26H28N4O6S/c1-35-15-9-17-16(3-2-4-18(17)27-11-15)21(32)10-14-5-6-19(22(12-31)36-14)29-26(34)20-7-8-23-25(28-20)30-24(33)13-37-23/h2-4,7-9,11,14,19,21-22,31-32H,5-6,10,12-13H2,1H3,(H,29,34)(H,28,30,33)/t14-,19+,21+,22+/m0/s1. The second kappa shape index (κ2) is 11.0. The molecule has 0 radical (unpaired) electrons. The number of fused-ring (bicyclic) bond motifs is 2. The van der Waals surface area contributed by atoms with Gasteiger partial charge in [-0.15, -0.1) is 11.8 Å². The second-order valence-electron chi connectivity index (χ2n) is 9.06. The van der Waals surface area contributed by atoms with Crippen molar-refractivity contribution < 1.29 is 29.3 Å². The molecule has 1 aromatic carbocycles. The smallest absolute Gasteiger partial charge is 0.270 e. The van der Waals surface area contributed by atoms with E-state index in [1.165, 1.54) is 11.8 Å². The molecule has 1 saturated heterocycles. The number of nitrogens with zero attached hydrogens (tertiary/aromatic N) is 2. The molecule has 1 fully saturated rings. The van der Waals surface area contributed by atoms with Gasteiger partial charge in [0.1, 0.15) is 23.4 Å². The second-order valence-corrected chi connectivity index (χ2v) is 10.1. The molecule has 11 heteroatoms. The van der Waals surface area contributed by atoms with Crippen molar-refractivity contribution in [3.63, 3.8) is 0 Å². The number of aromatic nitrogens is 2. The van der Waals surface area contributed by atoms with Crippen molar-refractivity contribution in [1.82, 2.24) is 15.3 Å². The van der Waals surface area contributed by atoms with Crippen LogP contribution in [0.5, 0.6) is 5.75 Å². The van der Waals surface area contributed by atoms with Gasteiger partial charge < -0.3 is 30.3 Å². The minimum Gasteiger partial charge on any atom is -0.495 e. The summed E-state index contributed by atoms with van der Waals surface area (Å²) in [6, 6.07) is 10.4. The molecule has 4 heterocycles. The maximum atomic E-state index is 12.9. The molecule has 2 amide bonds. The molecule has 4 N–H and O–H groups in total. The first-order valence-electron chi connectivity index (χ1n) is 12.1. The monoisotopic (exact) mass is 524 g/mol. The van der Waals surface area contributed by atoms with Crippen LogP contribution in [0.15, 0.2) is 47.5 Å². The molecular weight excluding hydrogens is 496 g/mol. The number of carbonyl (C=O) groups excluding carboxylic acids is 2. The molecule has 0 aliphatic carbocycles. The van der Waals surface area contributed by atoms with Gasteiger partial charge in [0.25, 0.3) is 5.91 Å². The molecule has 0 saturated carbocycles. The number of hydrogen-bond donors (Lipinski definition) is 4. The van der Waals surface area contributed by atoms with Crippen LogP contribution in [0.25, 0.3) is 10.9 Å². The Labute approximate surface area is 217 Å². The number of benzene rings is 1. The van der Waals surface area contributed by atoms with Crippen molar-refractivity contribution in [2.24, 2.45) is 0 Å². The summed E-state index contributed by atoms with van der Waals surface area (Å²) in [6.07, 6.45) is 1.39. The highest BCUT2D eigenvalue weighted by atomic mass is 32.2. The van der Waals surface area contributed by atoms with Crippen molar-refractivity contribution in [3.05, 3.63) is 53.9 Å². The maximum absolute atomic E-state index is 12.9. The lowest BCUT2D eigenvalue weighted by Crippen LogP contribution is -2.51. The summed E-state index contributed by atoms with van der Waals surface area (Å²) in [5.41, 5.74) is 1.66. The summed E-state index contributed by atoms with van der Waals surface area (Å²) in [6.45, 7) is -0.281. The Balaban J connectivity index is 1.23. The molecule has 2 aromatic heterocycles.